The highest BCUT2D eigenvalue weighted by molar-refractivity contribution is 6.33. The largest absolute Gasteiger partial charge is 0.293 e. The van der Waals surface area contributed by atoms with Gasteiger partial charge in [0, 0.05) is 31.2 Å². The van der Waals surface area contributed by atoms with Crippen LogP contribution in [0.2, 0.25) is 5.02 Å². The first-order valence-corrected chi connectivity index (χ1v) is 5.90. The summed E-state index contributed by atoms with van der Waals surface area (Å²) in [5, 5.41) is 8.25. The number of aryl methyl sites for hydroxylation is 1. The van der Waals surface area contributed by atoms with Crippen LogP contribution in [0.4, 0.5) is 0 Å². The fourth-order valence-electron chi connectivity index (χ4n) is 1.46. The molecule has 0 saturated carbocycles. The van der Waals surface area contributed by atoms with Gasteiger partial charge in [0.2, 0.25) is 0 Å². The summed E-state index contributed by atoms with van der Waals surface area (Å²) in [4.78, 5) is 15.7. The summed E-state index contributed by atoms with van der Waals surface area (Å²) in [6, 6.07) is 3.61. The Labute approximate surface area is 115 Å². The van der Waals surface area contributed by atoms with Crippen LogP contribution in [0.5, 0.6) is 0 Å². The zero-order chi connectivity index (χ0) is 13.8. The maximum Gasteiger partial charge on any atom is 0.293 e. The minimum absolute atomic E-state index is 0.149. The van der Waals surface area contributed by atoms with Crippen molar-refractivity contribution >= 4 is 23.2 Å². The molecule has 0 aliphatic carbocycles. The molecule has 0 aliphatic heterocycles. The molecule has 0 atom stereocenters. The third-order valence-electron chi connectivity index (χ3n) is 2.42. The van der Waals surface area contributed by atoms with Crippen LogP contribution < -0.4 is 5.43 Å². The number of rotatable bonds is 3. The molecule has 2 heterocycles. The van der Waals surface area contributed by atoms with Gasteiger partial charge in [0.15, 0.2) is 5.69 Å². The molecule has 2 aromatic rings. The summed E-state index contributed by atoms with van der Waals surface area (Å²) in [6.07, 6.45) is 4.87. The van der Waals surface area contributed by atoms with Crippen molar-refractivity contribution in [2.45, 2.75) is 6.92 Å². The van der Waals surface area contributed by atoms with E-state index in [1.807, 2.05) is 0 Å². The lowest BCUT2D eigenvalue weighted by molar-refractivity contribution is 0.0949. The molecular formula is C12H12ClN5O. The monoisotopic (exact) mass is 277 g/mol. The lowest BCUT2D eigenvalue weighted by atomic mass is 10.2. The summed E-state index contributed by atoms with van der Waals surface area (Å²) in [5.74, 6) is -0.445. The normalized spacial score (nSPS) is 11.4. The Bertz CT molecular complexity index is 620. The zero-order valence-electron chi connectivity index (χ0n) is 10.5. The van der Waals surface area contributed by atoms with Crippen molar-refractivity contribution in [3.63, 3.8) is 0 Å². The van der Waals surface area contributed by atoms with Crippen LogP contribution in [0.1, 0.15) is 23.0 Å². The maximum absolute atomic E-state index is 11.8. The smallest absolute Gasteiger partial charge is 0.273 e. The summed E-state index contributed by atoms with van der Waals surface area (Å²) < 4.78 is 1.47. The fraction of sp³-hybridized carbons (Fsp3) is 0.167. The van der Waals surface area contributed by atoms with E-state index in [4.69, 9.17) is 11.6 Å². The molecule has 98 valence electrons. The highest BCUT2D eigenvalue weighted by atomic mass is 35.5. The highest BCUT2D eigenvalue weighted by Gasteiger charge is 2.14. The summed E-state index contributed by atoms with van der Waals surface area (Å²) in [7, 11) is 1.69. The molecule has 1 N–H and O–H groups in total. The van der Waals surface area contributed by atoms with Gasteiger partial charge in [0.05, 0.1) is 10.7 Å². The number of hydrazone groups is 1. The molecule has 0 aromatic carbocycles. The van der Waals surface area contributed by atoms with Crippen molar-refractivity contribution in [3.8, 4) is 0 Å². The van der Waals surface area contributed by atoms with Gasteiger partial charge in [-0.05, 0) is 19.1 Å². The standard InChI is InChI=1S/C12H12ClN5O/c1-8(9-3-5-14-6-4-9)15-16-12(19)11-10(13)7-18(2)17-11/h3-7H,1-2H3,(H,16,19). The van der Waals surface area contributed by atoms with Crippen LogP contribution in [0.3, 0.4) is 0 Å². The minimum atomic E-state index is -0.445. The van der Waals surface area contributed by atoms with Gasteiger partial charge in [-0.1, -0.05) is 11.6 Å². The molecule has 0 saturated heterocycles. The van der Waals surface area contributed by atoms with Crippen LogP contribution in [0.15, 0.2) is 35.8 Å². The number of nitrogens with zero attached hydrogens (tertiary/aromatic N) is 4. The molecule has 0 bridgehead atoms. The minimum Gasteiger partial charge on any atom is -0.273 e. The predicted octanol–water partition coefficient (Wildman–Crippen LogP) is 1.62. The molecule has 1 amide bonds. The number of carbonyl (C=O) groups excluding carboxylic acids is 1. The van der Waals surface area contributed by atoms with Gasteiger partial charge in [-0.3, -0.25) is 14.5 Å². The number of pyridine rings is 1. The predicted molar refractivity (Wildman–Crippen MR) is 72.1 cm³/mol. The van der Waals surface area contributed by atoms with E-state index >= 15 is 0 Å². The molecule has 0 aliphatic rings. The van der Waals surface area contributed by atoms with E-state index in [1.54, 1.807) is 44.7 Å². The Balaban J connectivity index is 2.10. The van der Waals surface area contributed by atoms with Gasteiger partial charge in [0.25, 0.3) is 5.91 Å². The molecule has 0 spiro atoms. The second-order valence-electron chi connectivity index (χ2n) is 3.87. The van der Waals surface area contributed by atoms with Gasteiger partial charge in [-0.25, -0.2) is 5.43 Å². The quantitative estimate of drug-likeness (QED) is 0.684. The number of nitrogens with one attached hydrogen (secondary N) is 1. The van der Waals surface area contributed by atoms with E-state index in [0.717, 1.165) is 5.56 Å². The van der Waals surface area contributed by atoms with Crippen molar-refractivity contribution in [3.05, 3.63) is 47.0 Å². The molecule has 6 nitrogen and oxygen atoms in total. The average molecular weight is 278 g/mol. The van der Waals surface area contributed by atoms with Gasteiger partial charge in [-0.2, -0.15) is 10.2 Å². The van der Waals surface area contributed by atoms with E-state index in [9.17, 15) is 4.79 Å². The molecule has 7 heteroatoms. The topological polar surface area (TPSA) is 72.2 Å². The van der Waals surface area contributed by atoms with Crippen molar-refractivity contribution in [2.75, 3.05) is 0 Å². The number of hydrogen-bond acceptors (Lipinski definition) is 4. The maximum atomic E-state index is 11.8. The second-order valence-corrected chi connectivity index (χ2v) is 4.28. The third kappa shape index (κ3) is 3.17. The number of carbonyl (C=O) groups is 1. The first-order chi connectivity index (χ1) is 9.08. The van der Waals surface area contributed by atoms with Crippen LogP contribution in [-0.4, -0.2) is 26.4 Å². The van der Waals surface area contributed by atoms with Crippen molar-refractivity contribution in [1.82, 2.24) is 20.2 Å². The third-order valence-corrected chi connectivity index (χ3v) is 2.70. The lowest BCUT2D eigenvalue weighted by Gasteiger charge is -2.01. The Hall–Kier alpha value is -2.21. The second kappa shape index (κ2) is 5.62. The number of halogens is 1. The van der Waals surface area contributed by atoms with Crippen molar-refractivity contribution in [2.24, 2.45) is 12.1 Å². The summed E-state index contributed by atoms with van der Waals surface area (Å²) >= 11 is 5.87. The van der Waals surface area contributed by atoms with Crippen molar-refractivity contribution < 1.29 is 4.79 Å². The molecule has 0 fully saturated rings. The average Bonchev–Trinajstić information content (AvgIpc) is 2.75. The SMILES string of the molecule is CC(=NNC(=O)c1nn(C)cc1Cl)c1ccncc1. The van der Waals surface area contributed by atoms with Crippen LogP contribution in [0, 0.1) is 0 Å². The van der Waals surface area contributed by atoms with Crippen molar-refractivity contribution in [1.29, 1.82) is 0 Å². The van der Waals surface area contributed by atoms with Crippen LogP contribution in [-0.2, 0) is 7.05 Å². The van der Waals surface area contributed by atoms with E-state index in [1.165, 1.54) is 4.68 Å². The summed E-state index contributed by atoms with van der Waals surface area (Å²) in [6.45, 7) is 1.79. The number of amides is 1. The van der Waals surface area contributed by atoms with E-state index in [2.05, 4.69) is 20.6 Å². The van der Waals surface area contributed by atoms with Gasteiger partial charge < -0.3 is 0 Å². The highest BCUT2D eigenvalue weighted by Crippen LogP contribution is 2.12. The van der Waals surface area contributed by atoms with Gasteiger partial charge in [-0.15, -0.1) is 0 Å². The lowest BCUT2D eigenvalue weighted by Crippen LogP contribution is -2.20. The Kier molecular flexibility index (Phi) is 3.91. The van der Waals surface area contributed by atoms with E-state index < -0.39 is 5.91 Å². The molecule has 19 heavy (non-hydrogen) atoms. The first-order valence-electron chi connectivity index (χ1n) is 5.52. The Morgan fingerprint density at radius 2 is 2.11 bits per heavy atom. The number of aromatic nitrogens is 3. The van der Waals surface area contributed by atoms with Crippen LogP contribution >= 0.6 is 11.6 Å². The van der Waals surface area contributed by atoms with E-state index in [0.29, 0.717) is 5.71 Å². The molecule has 2 rings (SSSR count). The number of hydrogen-bond donors (Lipinski definition) is 1. The van der Waals surface area contributed by atoms with Gasteiger partial charge >= 0.3 is 0 Å². The Morgan fingerprint density at radius 3 is 2.68 bits per heavy atom. The summed E-state index contributed by atoms with van der Waals surface area (Å²) in [5.41, 5.74) is 4.11. The Morgan fingerprint density at radius 1 is 1.42 bits per heavy atom. The zero-order valence-corrected chi connectivity index (χ0v) is 11.2. The van der Waals surface area contributed by atoms with E-state index in [-0.39, 0.29) is 10.7 Å². The van der Waals surface area contributed by atoms with Gasteiger partial charge in [0.1, 0.15) is 0 Å². The molecule has 2 aromatic heterocycles. The first kappa shape index (κ1) is 13.2. The molecular weight excluding hydrogens is 266 g/mol. The fourth-order valence-corrected chi connectivity index (χ4v) is 1.72. The molecule has 0 radical (unpaired) electrons. The molecule has 0 unspecified atom stereocenters. The van der Waals surface area contributed by atoms with Crippen LogP contribution in [0.25, 0.3) is 0 Å².